The Bertz CT molecular complexity index is 837. The highest BCUT2D eigenvalue weighted by Crippen LogP contribution is 2.58. The van der Waals surface area contributed by atoms with Crippen LogP contribution in [0, 0.1) is 10.8 Å². The number of hydrogen-bond acceptors (Lipinski definition) is 0. The van der Waals surface area contributed by atoms with Gasteiger partial charge in [0.15, 0.2) is 0 Å². The lowest BCUT2D eigenvalue weighted by Crippen LogP contribution is -2.20. The van der Waals surface area contributed by atoms with E-state index in [4.69, 9.17) is 0 Å². The molecule has 0 radical (unpaired) electrons. The summed E-state index contributed by atoms with van der Waals surface area (Å²) in [4.78, 5) is 0. The molecule has 0 saturated carbocycles. The second kappa shape index (κ2) is 7.60. The maximum Gasteiger partial charge on any atom is 0.0117 e. The van der Waals surface area contributed by atoms with Crippen molar-refractivity contribution in [2.45, 2.75) is 101 Å². The van der Waals surface area contributed by atoms with Crippen LogP contribution in [0.15, 0.2) is 67.9 Å². The van der Waals surface area contributed by atoms with Crippen molar-refractivity contribution >= 4 is 0 Å². The quantitative estimate of drug-likeness (QED) is 0.424. The van der Waals surface area contributed by atoms with Crippen LogP contribution >= 0.6 is 0 Å². The van der Waals surface area contributed by atoms with Gasteiger partial charge >= 0.3 is 0 Å². The fraction of sp³-hybridized carbons (Fsp3) is 0.586. The van der Waals surface area contributed by atoms with Crippen molar-refractivity contribution in [1.82, 2.24) is 0 Å². The molecule has 29 heavy (non-hydrogen) atoms. The van der Waals surface area contributed by atoms with Gasteiger partial charge in [-0.05, 0) is 91.5 Å². The molecule has 0 heteroatoms. The molecular formula is C29H42. The van der Waals surface area contributed by atoms with E-state index >= 15 is 0 Å². The first-order valence-corrected chi connectivity index (χ1v) is 11.8. The fourth-order valence-electron chi connectivity index (χ4n) is 6.01. The summed E-state index contributed by atoms with van der Waals surface area (Å²) in [5, 5.41) is 0. The molecule has 158 valence electrons. The molecule has 0 spiro atoms. The van der Waals surface area contributed by atoms with E-state index in [1.807, 2.05) is 0 Å². The van der Waals surface area contributed by atoms with Crippen LogP contribution in [0.25, 0.3) is 0 Å². The topological polar surface area (TPSA) is 0 Å². The Labute approximate surface area is 180 Å². The minimum atomic E-state index is 0.121. The second-order valence-corrected chi connectivity index (χ2v) is 10.4. The standard InChI is InChI=1S/C29H42/c1-11-14-22-18(3)20(5)28(7,8)26(22)24-16-13-17-25(24)27-23(15-12-2)19(4)21(6)29(27,9)10/h16-17H,11-15H2,1-10H3. The molecule has 0 aromatic heterocycles. The van der Waals surface area contributed by atoms with Crippen molar-refractivity contribution in [1.29, 1.82) is 0 Å². The largest absolute Gasteiger partial charge is 0.0725 e. The highest BCUT2D eigenvalue weighted by molar-refractivity contribution is 5.72. The van der Waals surface area contributed by atoms with Crippen LogP contribution in [0.4, 0.5) is 0 Å². The molecule has 3 rings (SSSR count). The lowest BCUT2D eigenvalue weighted by atomic mass is 9.71. The summed E-state index contributed by atoms with van der Waals surface area (Å²) in [5.41, 5.74) is 16.0. The molecule has 0 N–H and O–H groups in total. The Morgan fingerprint density at radius 2 is 1.00 bits per heavy atom. The smallest absolute Gasteiger partial charge is 0.0117 e. The maximum absolute atomic E-state index is 2.52. The van der Waals surface area contributed by atoms with E-state index in [0.29, 0.717) is 0 Å². The third kappa shape index (κ3) is 3.18. The molecule has 3 aliphatic rings. The van der Waals surface area contributed by atoms with E-state index in [9.17, 15) is 0 Å². The number of allylic oxidation sites excluding steroid dienone is 12. The van der Waals surface area contributed by atoms with Crippen LogP contribution in [0.3, 0.4) is 0 Å². The summed E-state index contributed by atoms with van der Waals surface area (Å²) in [6.07, 6.45) is 10.9. The molecule has 0 atom stereocenters. The zero-order valence-electron chi connectivity index (χ0n) is 20.7. The zero-order chi connectivity index (χ0) is 21.7. The van der Waals surface area contributed by atoms with Crippen molar-refractivity contribution in [3.63, 3.8) is 0 Å². The lowest BCUT2D eigenvalue weighted by molar-refractivity contribution is 0.541. The summed E-state index contributed by atoms with van der Waals surface area (Å²) in [6.45, 7) is 23.8. The van der Waals surface area contributed by atoms with Gasteiger partial charge in [0.1, 0.15) is 0 Å². The van der Waals surface area contributed by atoms with E-state index < -0.39 is 0 Å². The number of hydrogen-bond donors (Lipinski definition) is 0. The van der Waals surface area contributed by atoms with E-state index in [2.05, 4.69) is 81.4 Å². The fourth-order valence-corrected chi connectivity index (χ4v) is 6.01. The Morgan fingerprint density at radius 3 is 1.31 bits per heavy atom. The van der Waals surface area contributed by atoms with Gasteiger partial charge in [-0.1, -0.05) is 77.7 Å². The summed E-state index contributed by atoms with van der Waals surface area (Å²) < 4.78 is 0. The molecule has 0 aliphatic heterocycles. The highest BCUT2D eigenvalue weighted by Gasteiger charge is 2.43. The van der Waals surface area contributed by atoms with Crippen molar-refractivity contribution in [2.24, 2.45) is 10.8 Å². The van der Waals surface area contributed by atoms with Crippen LogP contribution in [-0.4, -0.2) is 0 Å². The second-order valence-electron chi connectivity index (χ2n) is 10.4. The van der Waals surface area contributed by atoms with Crippen LogP contribution in [0.2, 0.25) is 0 Å². The molecule has 0 fully saturated rings. The molecule has 0 saturated heterocycles. The predicted molar refractivity (Wildman–Crippen MR) is 129 cm³/mol. The van der Waals surface area contributed by atoms with Gasteiger partial charge in [-0.2, -0.15) is 0 Å². The SMILES string of the molecule is CCCC1=C(C2=CCC=C2C2=C(CCC)C(C)=C(C)C2(C)C)C(C)(C)C(C)=C1C. The maximum atomic E-state index is 2.52. The van der Waals surface area contributed by atoms with Crippen LogP contribution in [-0.2, 0) is 0 Å². The molecule has 0 aromatic rings. The van der Waals surface area contributed by atoms with Gasteiger partial charge in [0.05, 0.1) is 0 Å². The van der Waals surface area contributed by atoms with E-state index in [1.165, 1.54) is 48.0 Å². The normalized spacial score (nSPS) is 23.7. The lowest BCUT2D eigenvalue weighted by Gasteiger charge is -2.33. The molecule has 0 heterocycles. The van der Waals surface area contributed by atoms with Gasteiger partial charge in [0.25, 0.3) is 0 Å². The van der Waals surface area contributed by atoms with Gasteiger partial charge in [-0.3, -0.25) is 0 Å². The van der Waals surface area contributed by atoms with Crippen LogP contribution in [0.5, 0.6) is 0 Å². The third-order valence-electron chi connectivity index (χ3n) is 8.23. The summed E-state index contributed by atoms with van der Waals surface area (Å²) in [5.74, 6) is 0. The molecule has 0 bridgehead atoms. The zero-order valence-corrected chi connectivity index (χ0v) is 20.7. The monoisotopic (exact) mass is 390 g/mol. The van der Waals surface area contributed by atoms with Crippen LogP contribution in [0.1, 0.15) is 101 Å². The predicted octanol–water partition coefficient (Wildman–Crippen LogP) is 9.19. The van der Waals surface area contributed by atoms with Crippen molar-refractivity contribution in [2.75, 3.05) is 0 Å². The Morgan fingerprint density at radius 1 is 0.655 bits per heavy atom. The minimum Gasteiger partial charge on any atom is -0.0725 e. The van der Waals surface area contributed by atoms with E-state index in [1.54, 1.807) is 33.4 Å². The molecule has 0 amide bonds. The molecule has 0 aromatic carbocycles. The molecule has 0 nitrogen and oxygen atoms in total. The molecular weight excluding hydrogens is 348 g/mol. The van der Waals surface area contributed by atoms with Crippen molar-refractivity contribution < 1.29 is 0 Å². The van der Waals surface area contributed by atoms with E-state index in [-0.39, 0.29) is 10.8 Å². The highest BCUT2D eigenvalue weighted by atomic mass is 14.5. The summed E-state index contributed by atoms with van der Waals surface area (Å²) in [7, 11) is 0. The average Bonchev–Trinajstić information content (AvgIpc) is 3.22. The van der Waals surface area contributed by atoms with Gasteiger partial charge in [-0.15, -0.1) is 0 Å². The molecule has 0 unspecified atom stereocenters. The summed E-state index contributed by atoms with van der Waals surface area (Å²) in [6, 6.07) is 0. The van der Waals surface area contributed by atoms with E-state index in [0.717, 1.165) is 6.42 Å². The van der Waals surface area contributed by atoms with Gasteiger partial charge < -0.3 is 0 Å². The average molecular weight is 391 g/mol. The van der Waals surface area contributed by atoms with Crippen molar-refractivity contribution in [3.05, 3.63) is 67.9 Å². The van der Waals surface area contributed by atoms with Gasteiger partial charge in [0.2, 0.25) is 0 Å². The van der Waals surface area contributed by atoms with Gasteiger partial charge in [-0.25, -0.2) is 0 Å². The number of rotatable bonds is 6. The first-order valence-electron chi connectivity index (χ1n) is 11.8. The van der Waals surface area contributed by atoms with Gasteiger partial charge in [0, 0.05) is 10.8 Å². The Kier molecular flexibility index (Phi) is 5.80. The first-order chi connectivity index (χ1) is 13.5. The molecule has 3 aliphatic carbocycles. The summed E-state index contributed by atoms with van der Waals surface area (Å²) >= 11 is 0. The van der Waals surface area contributed by atoms with Crippen molar-refractivity contribution in [3.8, 4) is 0 Å². The third-order valence-corrected chi connectivity index (χ3v) is 8.23. The first kappa shape index (κ1) is 22.1. The Balaban J connectivity index is 2.19. The minimum absolute atomic E-state index is 0.121. The van der Waals surface area contributed by atoms with Crippen LogP contribution < -0.4 is 0 Å². The Hall–Kier alpha value is -1.56.